The van der Waals surface area contributed by atoms with E-state index in [2.05, 4.69) is 15.5 Å². The summed E-state index contributed by atoms with van der Waals surface area (Å²) in [5.74, 6) is 0.440. The Labute approximate surface area is 112 Å². The lowest BCUT2D eigenvalue weighted by Crippen LogP contribution is -2.36. The average molecular weight is 267 g/mol. The number of anilines is 1. The maximum absolute atomic E-state index is 11.6. The number of nitrogens with zero attached hydrogens (tertiary/aromatic N) is 3. The van der Waals surface area contributed by atoms with Crippen LogP contribution in [0.3, 0.4) is 0 Å². The lowest BCUT2D eigenvalue weighted by molar-refractivity contribution is -0.119. The van der Waals surface area contributed by atoms with Crippen molar-refractivity contribution in [1.82, 2.24) is 15.5 Å². The van der Waals surface area contributed by atoms with Crippen molar-refractivity contribution in [1.29, 1.82) is 0 Å². The number of amides is 1. The van der Waals surface area contributed by atoms with Crippen LogP contribution in [0.5, 0.6) is 0 Å². The number of hydrogen-bond donors (Lipinski definition) is 2. The second-order valence-corrected chi connectivity index (χ2v) is 4.28. The normalized spacial score (nSPS) is 9.89. The first-order valence-corrected chi connectivity index (χ1v) is 6.06. The molecule has 0 aliphatic rings. The molecule has 0 spiro atoms. The summed E-state index contributed by atoms with van der Waals surface area (Å²) in [4.78, 5) is 13.5. The first kappa shape index (κ1) is 14.3. The minimum Gasteiger partial charge on any atom is -0.389 e. The van der Waals surface area contributed by atoms with Gasteiger partial charge in [-0.05, 0) is 12.5 Å². The van der Waals surface area contributed by atoms with Crippen LogP contribution < -0.4 is 16.0 Å². The summed E-state index contributed by atoms with van der Waals surface area (Å²) < 4.78 is 0. The van der Waals surface area contributed by atoms with E-state index in [1.54, 1.807) is 18.0 Å². The van der Waals surface area contributed by atoms with Gasteiger partial charge < -0.3 is 16.0 Å². The zero-order valence-corrected chi connectivity index (χ0v) is 11.3. The van der Waals surface area contributed by atoms with Gasteiger partial charge in [-0.2, -0.15) is 5.10 Å². The van der Waals surface area contributed by atoms with Crippen LogP contribution in [0.1, 0.15) is 18.9 Å². The minimum absolute atomic E-state index is 0.0705. The van der Waals surface area contributed by atoms with E-state index in [4.69, 9.17) is 18.0 Å². The fraction of sp³-hybridized carbons (Fsp3) is 0.455. The van der Waals surface area contributed by atoms with Crippen molar-refractivity contribution in [3.8, 4) is 0 Å². The van der Waals surface area contributed by atoms with Crippen LogP contribution in [0, 0.1) is 0 Å². The molecule has 0 bridgehead atoms. The molecule has 6 nitrogen and oxygen atoms in total. The molecule has 98 valence electrons. The summed E-state index contributed by atoms with van der Waals surface area (Å²) >= 11 is 4.94. The number of hydrogen-bond acceptors (Lipinski definition) is 5. The molecule has 1 rings (SSSR count). The largest absolute Gasteiger partial charge is 0.389 e. The van der Waals surface area contributed by atoms with Crippen molar-refractivity contribution in [2.75, 3.05) is 25.0 Å². The van der Waals surface area contributed by atoms with E-state index in [1.807, 2.05) is 6.92 Å². The van der Waals surface area contributed by atoms with Crippen LogP contribution in [0.2, 0.25) is 0 Å². The van der Waals surface area contributed by atoms with Gasteiger partial charge in [0, 0.05) is 13.6 Å². The first-order valence-electron chi connectivity index (χ1n) is 5.65. The van der Waals surface area contributed by atoms with Gasteiger partial charge in [-0.25, -0.2) is 0 Å². The predicted molar refractivity (Wildman–Crippen MR) is 74.5 cm³/mol. The van der Waals surface area contributed by atoms with Crippen LogP contribution in [-0.4, -0.2) is 41.2 Å². The highest BCUT2D eigenvalue weighted by molar-refractivity contribution is 7.80. The molecule has 1 aromatic rings. The van der Waals surface area contributed by atoms with Crippen molar-refractivity contribution in [3.05, 3.63) is 17.8 Å². The number of rotatable bonds is 6. The maximum Gasteiger partial charge on any atom is 0.239 e. The predicted octanol–water partition coefficient (Wildman–Crippen LogP) is 0.0732. The van der Waals surface area contributed by atoms with Crippen LogP contribution in [0.25, 0.3) is 0 Å². The lowest BCUT2D eigenvalue weighted by atomic mass is 10.2. The number of carbonyl (C=O) groups is 1. The number of aromatic nitrogens is 2. The van der Waals surface area contributed by atoms with Gasteiger partial charge in [0.05, 0.1) is 18.3 Å². The summed E-state index contributed by atoms with van der Waals surface area (Å²) in [6.45, 7) is 2.85. The summed E-state index contributed by atoms with van der Waals surface area (Å²) in [5.41, 5.74) is 6.22. The third-order valence-electron chi connectivity index (χ3n) is 2.28. The number of carbonyl (C=O) groups excluding carboxylic acids is 1. The molecule has 0 saturated heterocycles. The van der Waals surface area contributed by atoms with Gasteiger partial charge in [-0.15, -0.1) is 5.10 Å². The molecule has 1 amide bonds. The maximum atomic E-state index is 11.6. The zero-order chi connectivity index (χ0) is 13.5. The van der Waals surface area contributed by atoms with Crippen molar-refractivity contribution < 1.29 is 4.79 Å². The SMILES string of the molecule is CCCNC(=O)CN(C)c1nnccc1C(N)=S. The molecule has 0 saturated carbocycles. The highest BCUT2D eigenvalue weighted by Crippen LogP contribution is 2.13. The molecule has 0 aromatic carbocycles. The molecule has 18 heavy (non-hydrogen) atoms. The smallest absolute Gasteiger partial charge is 0.239 e. The molecule has 0 fully saturated rings. The molecule has 7 heteroatoms. The Morgan fingerprint density at radius 3 is 2.94 bits per heavy atom. The van der Waals surface area contributed by atoms with Crippen molar-refractivity contribution >= 4 is 28.9 Å². The van der Waals surface area contributed by atoms with Gasteiger partial charge in [0.15, 0.2) is 5.82 Å². The Kier molecular flexibility index (Phi) is 5.44. The van der Waals surface area contributed by atoms with Gasteiger partial charge in [0.25, 0.3) is 0 Å². The number of thiocarbonyl (C=S) groups is 1. The van der Waals surface area contributed by atoms with Gasteiger partial charge in [-0.1, -0.05) is 19.1 Å². The number of likely N-dealkylation sites (N-methyl/N-ethyl adjacent to an activating group) is 1. The zero-order valence-electron chi connectivity index (χ0n) is 10.5. The van der Waals surface area contributed by atoms with Crippen LogP contribution in [-0.2, 0) is 4.79 Å². The van der Waals surface area contributed by atoms with E-state index in [-0.39, 0.29) is 17.4 Å². The Balaban J connectivity index is 2.75. The standard InChI is InChI=1S/C11H17N5OS/c1-3-5-13-9(17)7-16(2)11-8(10(12)18)4-6-14-15-11/h4,6H,3,5,7H2,1-2H3,(H2,12,18)(H,13,17). The highest BCUT2D eigenvalue weighted by Gasteiger charge is 2.14. The quantitative estimate of drug-likeness (QED) is 0.710. The average Bonchev–Trinajstić information content (AvgIpc) is 2.36. The monoisotopic (exact) mass is 267 g/mol. The fourth-order valence-corrected chi connectivity index (χ4v) is 1.57. The second kappa shape index (κ2) is 6.85. The Morgan fingerprint density at radius 2 is 2.33 bits per heavy atom. The molecule has 1 aromatic heterocycles. The summed E-state index contributed by atoms with van der Waals surface area (Å²) in [5, 5.41) is 10.5. The Hall–Kier alpha value is -1.76. The topological polar surface area (TPSA) is 84.1 Å². The fourth-order valence-electron chi connectivity index (χ4n) is 1.41. The first-order chi connectivity index (χ1) is 8.56. The molecule has 1 heterocycles. The van der Waals surface area contributed by atoms with Gasteiger partial charge in [0.2, 0.25) is 5.91 Å². The molecular weight excluding hydrogens is 250 g/mol. The molecule has 0 radical (unpaired) electrons. The van der Waals surface area contributed by atoms with E-state index >= 15 is 0 Å². The van der Waals surface area contributed by atoms with Crippen molar-refractivity contribution in [2.24, 2.45) is 5.73 Å². The van der Waals surface area contributed by atoms with Gasteiger partial charge in [-0.3, -0.25) is 4.79 Å². The van der Waals surface area contributed by atoms with E-state index in [9.17, 15) is 4.79 Å². The molecule has 0 aliphatic carbocycles. The van der Waals surface area contributed by atoms with E-state index in [1.165, 1.54) is 6.20 Å². The number of nitrogens with two attached hydrogens (primary N) is 1. The van der Waals surface area contributed by atoms with E-state index in [0.29, 0.717) is 17.9 Å². The van der Waals surface area contributed by atoms with Crippen LogP contribution in [0.4, 0.5) is 5.82 Å². The lowest BCUT2D eigenvalue weighted by Gasteiger charge is -2.19. The highest BCUT2D eigenvalue weighted by atomic mass is 32.1. The van der Waals surface area contributed by atoms with Crippen LogP contribution in [0.15, 0.2) is 12.3 Å². The Bertz CT molecular complexity index is 437. The molecular formula is C11H17N5OS. The number of nitrogens with one attached hydrogen (secondary N) is 1. The molecule has 0 unspecified atom stereocenters. The summed E-state index contributed by atoms with van der Waals surface area (Å²) in [7, 11) is 1.75. The van der Waals surface area contributed by atoms with Crippen LogP contribution >= 0.6 is 12.2 Å². The van der Waals surface area contributed by atoms with E-state index in [0.717, 1.165) is 6.42 Å². The third-order valence-corrected chi connectivity index (χ3v) is 2.50. The minimum atomic E-state index is -0.0705. The Morgan fingerprint density at radius 1 is 1.61 bits per heavy atom. The third kappa shape index (κ3) is 3.92. The van der Waals surface area contributed by atoms with Crippen molar-refractivity contribution in [3.63, 3.8) is 0 Å². The van der Waals surface area contributed by atoms with Gasteiger partial charge >= 0.3 is 0 Å². The second-order valence-electron chi connectivity index (χ2n) is 3.84. The van der Waals surface area contributed by atoms with Crippen molar-refractivity contribution in [2.45, 2.75) is 13.3 Å². The van der Waals surface area contributed by atoms with Gasteiger partial charge in [0.1, 0.15) is 4.99 Å². The summed E-state index contributed by atoms with van der Waals surface area (Å²) in [6.07, 6.45) is 2.42. The molecule has 3 N–H and O–H groups in total. The molecule has 0 aliphatic heterocycles. The molecule has 0 atom stereocenters. The summed E-state index contributed by atoms with van der Waals surface area (Å²) in [6, 6.07) is 1.69. The van der Waals surface area contributed by atoms with E-state index < -0.39 is 0 Å².